The van der Waals surface area contributed by atoms with Crippen LogP contribution in [0, 0.1) is 0 Å². The minimum absolute atomic E-state index is 0.175. The number of hydrogen-bond acceptors (Lipinski definition) is 6. The van der Waals surface area contributed by atoms with E-state index in [9.17, 15) is 13.2 Å². The standard InChI is InChI=1S/C9H6ClN3O4S2/c10-6-2-1-5(3-11-6)13-19(16,17)9-7(8(14)15)12-4-18-9/h1-4,13H,(H,14,15). The third-order valence-electron chi connectivity index (χ3n) is 1.96. The van der Waals surface area contributed by atoms with E-state index in [2.05, 4.69) is 14.7 Å². The molecule has 10 heteroatoms. The Labute approximate surface area is 117 Å². The van der Waals surface area contributed by atoms with Crippen LogP contribution in [0.3, 0.4) is 0 Å². The predicted molar refractivity (Wildman–Crippen MR) is 69.1 cm³/mol. The van der Waals surface area contributed by atoms with Gasteiger partial charge in [0, 0.05) is 0 Å². The number of aromatic carboxylic acids is 1. The third kappa shape index (κ3) is 3.00. The molecule has 0 spiro atoms. The van der Waals surface area contributed by atoms with Crippen LogP contribution in [0.25, 0.3) is 0 Å². The highest BCUT2D eigenvalue weighted by atomic mass is 35.5. The zero-order valence-electron chi connectivity index (χ0n) is 9.07. The van der Waals surface area contributed by atoms with Gasteiger partial charge in [0.1, 0.15) is 5.15 Å². The molecule has 0 bridgehead atoms. The van der Waals surface area contributed by atoms with Crippen molar-refractivity contribution >= 4 is 44.6 Å². The van der Waals surface area contributed by atoms with Gasteiger partial charge in [-0.2, -0.15) is 0 Å². The first-order valence-corrected chi connectivity index (χ1v) is 7.45. The van der Waals surface area contributed by atoms with Gasteiger partial charge >= 0.3 is 5.97 Å². The summed E-state index contributed by atoms with van der Waals surface area (Å²) in [5, 5.41) is 9.06. The molecule has 0 aliphatic heterocycles. The van der Waals surface area contributed by atoms with Crippen LogP contribution in [0.5, 0.6) is 0 Å². The number of carbonyl (C=O) groups is 1. The van der Waals surface area contributed by atoms with Gasteiger partial charge in [0.05, 0.1) is 17.4 Å². The number of halogens is 1. The van der Waals surface area contributed by atoms with E-state index in [0.717, 1.165) is 16.8 Å². The number of pyridine rings is 1. The summed E-state index contributed by atoms with van der Waals surface area (Å²) in [6.45, 7) is 0. The lowest BCUT2D eigenvalue weighted by molar-refractivity contribution is 0.0687. The smallest absolute Gasteiger partial charge is 0.356 e. The number of carboxylic acids is 1. The highest BCUT2D eigenvalue weighted by Gasteiger charge is 2.25. The topological polar surface area (TPSA) is 109 Å². The highest BCUT2D eigenvalue weighted by Crippen LogP contribution is 2.23. The zero-order chi connectivity index (χ0) is 14.0. The van der Waals surface area contributed by atoms with Crippen molar-refractivity contribution in [3.63, 3.8) is 0 Å². The Bertz CT molecular complexity index is 711. The number of nitrogens with zero attached hydrogens (tertiary/aromatic N) is 2. The normalized spacial score (nSPS) is 11.2. The SMILES string of the molecule is O=C(O)c1ncsc1S(=O)(=O)Nc1ccc(Cl)nc1. The molecule has 7 nitrogen and oxygen atoms in total. The number of sulfonamides is 1. The average molecular weight is 320 g/mol. The van der Waals surface area contributed by atoms with Crippen molar-refractivity contribution in [3.05, 3.63) is 34.7 Å². The van der Waals surface area contributed by atoms with E-state index < -0.39 is 21.7 Å². The van der Waals surface area contributed by atoms with Crippen LogP contribution in [-0.2, 0) is 10.0 Å². The molecule has 0 aliphatic carbocycles. The first kappa shape index (κ1) is 13.7. The van der Waals surface area contributed by atoms with Crippen molar-refractivity contribution in [2.45, 2.75) is 4.21 Å². The van der Waals surface area contributed by atoms with Gasteiger partial charge in [-0.25, -0.2) is 23.2 Å². The molecule has 2 heterocycles. The van der Waals surface area contributed by atoms with Crippen LogP contribution < -0.4 is 4.72 Å². The van der Waals surface area contributed by atoms with Crippen LogP contribution in [0.4, 0.5) is 5.69 Å². The molecule has 0 atom stereocenters. The quantitative estimate of drug-likeness (QED) is 0.830. The van der Waals surface area contributed by atoms with E-state index >= 15 is 0 Å². The van der Waals surface area contributed by atoms with E-state index in [-0.39, 0.29) is 15.0 Å². The molecule has 0 saturated heterocycles. The first-order chi connectivity index (χ1) is 8.90. The van der Waals surface area contributed by atoms with E-state index in [4.69, 9.17) is 16.7 Å². The van der Waals surface area contributed by atoms with Gasteiger partial charge in [0.2, 0.25) is 0 Å². The van der Waals surface area contributed by atoms with Gasteiger partial charge in [0.15, 0.2) is 9.90 Å². The maximum absolute atomic E-state index is 12.0. The molecule has 0 aromatic carbocycles. The Kier molecular flexibility index (Phi) is 3.69. The number of anilines is 1. The Morgan fingerprint density at radius 2 is 2.11 bits per heavy atom. The molecule has 19 heavy (non-hydrogen) atoms. The Balaban J connectivity index is 2.35. The van der Waals surface area contributed by atoms with Crippen LogP contribution >= 0.6 is 22.9 Å². The number of aromatic nitrogens is 2. The molecule has 2 aromatic rings. The molecule has 100 valence electrons. The number of thiazole rings is 1. The minimum Gasteiger partial charge on any atom is -0.476 e. The van der Waals surface area contributed by atoms with Gasteiger partial charge in [-0.3, -0.25) is 4.72 Å². The Morgan fingerprint density at radius 3 is 2.68 bits per heavy atom. The summed E-state index contributed by atoms with van der Waals surface area (Å²) >= 11 is 6.29. The number of rotatable bonds is 4. The van der Waals surface area contributed by atoms with Crippen molar-refractivity contribution < 1.29 is 18.3 Å². The van der Waals surface area contributed by atoms with E-state index in [1.165, 1.54) is 18.3 Å². The van der Waals surface area contributed by atoms with Crippen molar-refractivity contribution in [2.24, 2.45) is 0 Å². The van der Waals surface area contributed by atoms with Gasteiger partial charge in [0.25, 0.3) is 10.0 Å². The van der Waals surface area contributed by atoms with Gasteiger partial charge in [-0.15, -0.1) is 11.3 Å². The largest absolute Gasteiger partial charge is 0.476 e. The van der Waals surface area contributed by atoms with E-state index in [1.54, 1.807) is 0 Å². The fraction of sp³-hybridized carbons (Fsp3) is 0. The number of hydrogen-bond donors (Lipinski definition) is 2. The van der Waals surface area contributed by atoms with Gasteiger partial charge < -0.3 is 5.11 Å². The fourth-order valence-electron chi connectivity index (χ4n) is 1.21. The molecule has 0 radical (unpaired) electrons. The predicted octanol–water partition coefficient (Wildman–Crippen LogP) is 1.69. The highest BCUT2D eigenvalue weighted by molar-refractivity contribution is 7.94. The summed E-state index contributed by atoms with van der Waals surface area (Å²) in [6, 6.07) is 2.82. The van der Waals surface area contributed by atoms with Gasteiger partial charge in [-0.05, 0) is 12.1 Å². The summed E-state index contributed by atoms with van der Waals surface area (Å²) in [7, 11) is -4.02. The molecular weight excluding hydrogens is 314 g/mol. The zero-order valence-corrected chi connectivity index (χ0v) is 11.5. The first-order valence-electron chi connectivity index (χ1n) is 4.71. The second-order valence-corrected chi connectivity index (χ2v) is 6.39. The number of carboxylic acid groups (broad SMARTS) is 1. The minimum atomic E-state index is -4.02. The molecule has 2 aromatic heterocycles. The van der Waals surface area contributed by atoms with E-state index in [1.807, 2.05) is 0 Å². The number of nitrogens with one attached hydrogen (secondary N) is 1. The molecular formula is C9H6ClN3O4S2. The van der Waals surface area contributed by atoms with Crippen molar-refractivity contribution in [2.75, 3.05) is 4.72 Å². The van der Waals surface area contributed by atoms with Gasteiger partial charge in [-0.1, -0.05) is 11.6 Å². The fourth-order valence-corrected chi connectivity index (χ4v) is 3.50. The monoisotopic (exact) mass is 319 g/mol. The maximum atomic E-state index is 12.0. The van der Waals surface area contributed by atoms with E-state index in [0.29, 0.717) is 0 Å². The maximum Gasteiger partial charge on any atom is 0.356 e. The Morgan fingerprint density at radius 1 is 1.37 bits per heavy atom. The second kappa shape index (κ2) is 5.11. The summed E-state index contributed by atoms with van der Waals surface area (Å²) in [4.78, 5) is 18.1. The molecule has 0 fully saturated rings. The Hall–Kier alpha value is -1.71. The second-order valence-electron chi connectivity index (χ2n) is 3.27. The van der Waals surface area contributed by atoms with Crippen LogP contribution in [0.1, 0.15) is 10.5 Å². The van der Waals surface area contributed by atoms with Crippen LogP contribution in [-0.4, -0.2) is 29.5 Å². The van der Waals surface area contributed by atoms with Crippen LogP contribution in [0.2, 0.25) is 5.15 Å². The molecule has 0 amide bonds. The molecule has 0 saturated carbocycles. The molecule has 2 rings (SSSR count). The lowest BCUT2D eigenvalue weighted by Crippen LogP contribution is -2.15. The van der Waals surface area contributed by atoms with Crippen molar-refractivity contribution in [3.8, 4) is 0 Å². The van der Waals surface area contributed by atoms with Crippen molar-refractivity contribution in [1.82, 2.24) is 9.97 Å². The molecule has 2 N–H and O–H groups in total. The summed E-state index contributed by atoms with van der Waals surface area (Å²) in [5.41, 5.74) is 0.812. The third-order valence-corrected chi connectivity index (χ3v) is 4.94. The summed E-state index contributed by atoms with van der Waals surface area (Å²) < 4.78 is 25.9. The summed E-state index contributed by atoms with van der Waals surface area (Å²) in [6.07, 6.45) is 1.22. The average Bonchev–Trinajstić information content (AvgIpc) is 2.82. The molecule has 0 aliphatic rings. The lowest BCUT2D eigenvalue weighted by Gasteiger charge is -2.06. The van der Waals surface area contributed by atoms with Crippen LogP contribution in [0.15, 0.2) is 28.0 Å². The van der Waals surface area contributed by atoms with Crippen molar-refractivity contribution in [1.29, 1.82) is 0 Å². The lowest BCUT2D eigenvalue weighted by atomic mass is 10.4. The summed E-state index contributed by atoms with van der Waals surface area (Å²) in [5.74, 6) is -1.41. The molecule has 0 unspecified atom stereocenters.